The Morgan fingerprint density at radius 3 is 2.25 bits per heavy atom. The van der Waals surface area contributed by atoms with Crippen molar-refractivity contribution in [2.24, 2.45) is 0 Å². The maximum absolute atomic E-state index is 15.7. The molecule has 3 aromatic carbocycles. The van der Waals surface area contributed by atoms with Crippen LogP contribution in [0.25, 0.3) is 11.1 Å². The largest absolute Gasteiger partial charge is 1.00 e. The fraction of sp³-hybridized carbons (Fsp3) is 0.324. The zero-order chi connectivity index (χ0) is 34.5. The number of likely N-dealkylation sites (N-methyl/N-ethyl adjacent to an activating group) is 1. The van der Waals surface area contributed by atoms with Gasteiger partial charge in [-0.05, 0) is 56.6 Å². The predicted molar refractivity (Wildman–Crippen MR) is 163 cm³/mol. The molecule has 0 radical (unpaired) electrons. The molecule has 0 amide bonds. The molecule has 0 aliphatic rings. The molecular formula is C34H33F5N3NaO5. The number of ether oxygens (including phenoxy) is 1. The number of carboxylic acid groups (broad SMARTS) is 1. The van der Waals surface area contributed by atoms with Crippen LogP contribution in [0.3, 0.4) is 0 Å². The molecule has 1 atom stereocenters. The Hall–Kier alpha value is -3.78. The fourth-order valence-corrected chi connectivity index (χ4v) is 5.70. The second kappa shape index (κ2) is 16.6. The van der Waals surface area contributed by atoms with Crippen molar-refractivity contribution >= 4 is 5.97 Å². The summed E-state index contributed by atoms with van der Waals surface area (Å²) in [5.74, 6) is -3.62. The smallest absolute Gasteiger partial charge is 0.550 e. The molecule has 0 bridgehead atoms. The number of carboxylic acids is 1. The van der Waals surface area contributed by atoms with E-state index in [9.17, 15) is 32.7 Å². The van der Waals surface area contributed by atoms with Gasteiger partial charge < -0.3 is 14.6 Å². The summed E-state index contributed by atoms with van der Waals surface area (Å²) < 4.78 is 79.4. The van der Waals surface area contributed by atoms with Gasteiger partial charge in [-0.3, -0.25) is 18.8 Å². The normalized spacial score (nSPS) is 12.1. The van der Waals surface area contributed by atoms with Crippen LogP contribution in [0.5, 0.6) is 5.75 Å². The van der Waals surface area contributed by atoms with Gasteiger partial charge in [0.05, 0.1) is 37.4 Å². The van der Waals surface area contributed by atoms with Crippen LogP contribution in [0.1, 0.15) is 48.2 Å². The number of aromatic nitrogens is 2. The molecule has 1 aromatic heterocycles. The maximum atomic E-state index is 15.7. The monoisotopic (exact) mass is 681 g/mol. The van der Waals surface area contributed by atoms with Crippen LogP contribution in [-0.2, 0) is 24.1 Å². The number of carbonyl (C=O) groups is 1. The third-order valence-electron chi connectivity index (χ3n) is 8.09. The van der Waals surface area contributed by atoms with E-state index in [1.54, 1.807) is 37.3 Å². The van der Waals surface area contributed by atoms with Gasteiger partial charge in [0, 0.05) is 22.8 Å². The Morgan fingerprint density at radius 2 is 1.65 bits per heavy atom. The Morgan fingerprint density at radius 1 is 0.979 bits per heavy atom. The summed E-state index contributed by atoms with van der Waals surface area (Å²) in [6.45, 7) is 2.43. The van der Waals surface area contributed by atoms with E-state index in [1.165, 1.54) is 32.2 Å². The molecule has 48 heavy (non-hydrogen) atoms. The van der Waals surface area contributed by atoms with Gasteiger partial charge in [0.25, 0.3) is 5.56 Å². The number of halogens is 5. The summed E-state index contributed by atoms with van der Waals surface area (Å²) in [5.41, 5.74) is -4.21. The van der Waals surface area contributed by atoms with Gasteiger partial charge in [0.1, 0.15) is 5.82 Å². The van der Waals surface area contributed by atoms with Gasteiger partial charge in [-0.15, -0.1) is 0 Å². The van der Waals surface area contributed by atoms with Crippen molar-refractivity contribution in [3.8, 4) is 16.9 Å². The molecule has 0 spiro atoms. The van der Waals surface area contributed by atoms with E-state index in [2.05, 4.69) is 0 Å². The number of rotatable bonds is 13. The zero-order valence-electron chi connectivity index (χ0n) is 26.9. The first kappa shape index (κ1) is 38.7. The molecule has 4 rings (SSSR count). The minimum atomic E-state index is -4.96. The number of aliphatic carboxylic acids is 1. The summed E-state index contributed by atoms with van der Waals surface area (Å²) in [6, 6.07) is 14.5. The average Bonchev–Trinajstić information content (AvgIpc) is 3.03. The number of hydrogen-bond acceptors (Lipinski definition) is 6. The standard InChI is InChI=1S/C34H34F5N3O5.Na/c1-4-40(18-10-17-29(43)44)27(22-11-6-5-7-12-22)20-42-32(45)30(23-13-8-16-28(47-3)31(23)36)21(2)41(33(42)46)19-24-25(34(37,38)39)14-9-15-26(24)35;/h5-9,11-16,27H,4,10,17-20H2,1-3H3,(H,43,44);/q;+1/p-1/t27-;/m0./s1. The van der Waals surface area contributed by atoms with Gasteiger partial charge in [-0.1, -0.05) is 55.5 Å². The van der Waals surface area contributed by atoms with E-state index in [0.717, 1.165) is 21.3 Å². The molecule has 250 valence electrons. The number of carbonyl (C=O) groups excluding carboxylic acids is 1. The molecule has 0 aliphatic carbocycles. The van der Waals surface area contributed by atoms with Crippen molar-refractivity contribution < 1.29 is 66.1 Å². The average molecular weight is 682 g/mol. The van der Waals surface area contributed by atoms with Crippen LogP contribution >= 0.6 is 0 Å². The number of hydrogen-bond donors (Lipinski definition) is 0. The Kier molecular flexibility index (Phi) is 13.3. The molecule has 14 heteroatoms. The quantitative estimate of drug-likeness (QED) is 0.158. The van der Waals surface area contributed by atoms with Crippen molar-refractivity contribution in [3.63, 3.8) is 0 Å². The first-order valence-corrected chi connectivity index (χ1v) is 14.8. The summed E-state index contributed by atoms with van der Waals surface area (Å²) in [6.07, 6.45) is -5.00. The summed E-state index contributed by atoms with van der Waals surface area (Å²) >= 11 is 0. The van der Waals surface area contributed by atoms with E-state index in [1.807, 2.05) is 4.90 Å². The van der Waals surface area contributed by atoms with Gasteiger partial charge in [0.2, 0.25) is 0 Å². The first-order chi connectivity index (χ1) is 22.3. The van der Waals surface area contributed by atoms with Crippen molar-refractivity contribution in [2.45, 2.75) is 52.0 Å². The van der Waals surface area contributed by atoms with Gasteiger partial charge >= 0.3 is 41.4 Å². The minimum absolute atomic E-state index is 0. The second-order valence-electron chi connectivity index (χ2n) is 10.9. The summed E-state index contributed by atoms with van der Waals surface area (Å²) in [4.78, 5) is 41.3. The van der Waals surface area contributed by atoms with Gasteiger partial charge in [0.15, 0.2) is 11.6 Å². The van der Waals surface area contributed by atoms with Crippen LogP contribution in [0.2, 0.25) is 0 Å². The fourth-order valence-electron chi connectivity index (χ4n) is 5.70. The number of methoxy groups -OCH3 is 1. The van der Waals surface area contributed by atoms with E-state index in [0.29, 0.717) is 18.2 Å². The van der Waals surface area contributed by atoms with E-state index < -0.39 is 58.7 Å². The number of nitrogens with zero attached hydrogens (tertiary/aromatic N) is 3. The molecule has 1 heterocycles. The molecule has 4 aromatic rings. The number of benzene rings is 3. The maximum Gasteiger partial charge on any atom is 1.00 e. The zero-order valence-corrected chi connectivity index (χ0v) is 28.9. The molecule has 0 fully saturated rings. The Balaban J connectivity index is 0.00000625. The molecule has 0 saturated carbocycles. The SMILES string of the molecule is CCN(CCCC(=O)[O-])[C@@H](Cn1c(=O)c(-c2cccc(OC)c2F)c(C)n(Cc2c(F)cccc2C(F)(F)F)c1=O)c1ccccc1.[Na+]. The van der Waals surface area contributed by atoms with E-state index in [-0.39, 0.29) is 78.1 Å². The molecule has 8 nitrogen and oxygen atoms in total. The van der Waals surface area contributed by atoms with E-state index >= 15 is 8.78 Å². The summed E-state index contributed by atoms with van der Waals surface area (Å²) in [5, 5.41) is 11.1. The van der Waals surface area contributed by atoms with Crippen LogP contribution in [-0.4, -0.2) is 40.2 Å². The molecular weight excluding hydrogens is 648 g/mol. The minimum Gasteiger partial charge on any atom is -0.550 e. The Labute approximate surface area is 295 Å². The Bertz CT molecular complexity index is 1860. The first-order valence-electron chi connectivity index (χ1n) is 14.8. The third-order valence-corrected chi connectivity index (χ3v) is 8.09. The predicted octanol–water partition coefficient (Wildman–Crippen LogP) is 1.94. The van der Waals surface area contributed by atoms with Crippen molar-refractivity contribution in [1.82, 2.24) is 14.0 Å². The second-order valence-corrected chi connectivity index (χ2v) is 10.9. The van der Waals surface area contributed by atoms with Crippen molar-refractivity contribution in [1.29, 1.82) is 0 Å². The van der Waals surface area contributed by atoms with Crippen LogP contribution < -0.4 is 50.6 Å². The van der Waals surface area contributed by atoms with E-state index in [4.69, 9.17) is 4.74 Å². The van der Waals surface area contributed by atoms with Gasteiger partial charge in [-0.25, -0.2) is 13.6 Å². The van der Waals surface area contributed by atoms with Crippen LogP contribution in [0, 0.1) is 18.6 Å². The van der Waals surface area contributed by atoms with Crippen molar-refractivity contribution in [2.75, 3.05) is 20.2 Å². The van der Waals surface area contributed by atoms with Crippen LogP contribution in [0.4, 0.5) is 22.0 Å². The topological polar surface area (TPSA) is 96.6 Å². The van der Waals surface area contributed by atoms with Crippen LogP contribution in [0.15, 0.2) is 76.3 Å². The number of alkyl halides is 3. The third kappa shape index (κ3) is 8.43. The molecule has 0 aliphatic heterocycles. The molecule has 0 saturated heterocycles. The molecule has 0 unspecified atom stereocenters. The summed E-state index contributed by atoms with van der Waals surface area (Å²) in [7, 11) is 1.22. The molecule has 0 N–H and O–H groups in total. The van der Waals surface area contributed by atoms with Crippen molar-refractivity contribution in [3.05, 3.63) is 122 Å². The van der Waals surface area contributed by atoms with Gasteiger partial charge in [-0.2, -0.15) is 13.2 Å².